The largest absolute Gasteiger partial charge is 0.481 e. The Hall–Kier alpha value is -3.39. The van der Waals surface area contributed by atoms with Crippen LogP contribution in [0.5, 0.6) is 0 Å². The second-order valence-electron chi connectivity index (χ2n) is 9.67. The number of hydrogen-bond acceptors (Lipinski definition) is 5. The normalized spacial score (nSPS) is 23.1. The van der Waals surface area contributed by atoms with Gasteiger partial charge in [-0.3, -0.25) is 9.69 Å². The van der Waals surface area contributed by atoms with Crippen molar-refractivity contribution in [2.45, 2.75) is 63.6 Å². The van der Waals surface area contributed by atoms with Crippen LogP contribution in [0.1, 0.15) is 68.1 Å². The van der Waals surface area contributed by atoms with Crippen molar-refractivity contribution in [1.29, 1.82) is 0 Å². The third kappa shape index (κ3) is 4.05. The van der Waals surface area contributed by atoms with Crippen molar-refractivity contribution in [3.05, 3.63) is 59.4 Å². The molecule has 1 aromatic heterocycles. The topological polar surface area (TPSA) is 105 Å². The maximum absolute atomic E-state index is 12.6. The van der Waals surface area contributed by atoms with Crippen molar-refractivity contribution in [3.8, 4) is 0 Å². The van der Waals surface area contributed by atoms with Gasteiger partial charge in [-0.25, -0.2) is 9.78 Å². The first-order chi connectivity index (χ1) is 16.9. The summed E-state index contributed by atoms with van der Waals surface area (Å²) in [5.41, 5.74) is 4.08. The number of aryl methyl sites for hydroxylation is 1. The second kappa shape index (κ2) is 9.34. The van der Waals surface area contributed by atoms with Gasteiger partial charge in [0.25, 0.3) is 0 Å². The Morgan fingerprint density at radius 1 is 1.11 bits per heavy atom. The molecule has 1 aliphatic carbocycles. The monoisotopic (exact) mass is 477 g/mol. The number of aliphatic carboxylic acids is 1. The number of hydrogen-bond donors (Lipinski definition) is 2. The van der Waals surface area contributed by atoms with E-state index < -0.39 is 24.1 Å². The Morgan fingerprint density at radius 3 is 2.60 bits per heavy atom. The van der Waals surface area contributed by atoms with Gasteiger partial charge in [0.05, 0.1) is 29.7 Å². The summed E-state index contributed by atoms with van der Waals surface area (Å²) in [4.78, 5) is 31.0. The predicted octanol–water partition coefficient (Wildman–Crippen LogP) is 4.84. The molecule has 1 fully saturated rings. The molecule has 1 saturated carbocycles. The maximum Gasteiger partial charge on any atom is 0.414 e. The first-order valence-electron chi connectivity index (χ1n) is 12.3. The molecule has 35 heavy (non-hydrogen) atoms. The van der Waals surface area contributed by atoms with E-state index in [-0.39, 0.29) is 12.1 Å². The molecule has 0 radical (unpaired) electrons. The summed E-state index contributed by atoms with van der Waals surface area (Å²) < 4.78 is 7.11. The number of aliphatic hydroxyl groups excluding tert-OH is 1. The predicted molar refractivity (Wildman–Crippen MR) is 132 cm³/mol. The van der Waals surface area contributed by atoms with Gasteiger partial charge in [-0.1, -0.05) is 36.8 Å². The number of anilines is 1. The molecule has 0 spiro atoms. The van der Waals surface area contributed by atoms with E-state index in [2.05, 4.69) is 4.57 Å². The number of carboxylic acid groups (broad SMARTS) is 1. The van der Waals surface area contributed by atoms with E-state index in [0.717, 1.165) is 53.5 Å². The SMILES string of the molecule is COC(=O)N1c2ccc3c(nc([C@H](O)c4ccccc4)n3C3CCC[C@@H](C(=O)O)C3)c2CC[C@H]1C. The number of fused-ring (bicyclic) bond motifs is 3. The molecule has 8 nitrogen and oxygen atoms in total. The van der Waals surface area contributed by atoms with Crippen LogP contribution in [0.15, 0.2) is 42.5 Å². The molecule has 0 saturated heterocycles. The van der Waals surface area contributed by atoms with Crippen molar-refractivity contribution < 1.29 is 24.5 Å². The Bertz CT molecular complexity index is 1250. The summed E-state index contributed by atoms with van der Waals surface area (Å²) in [6.07, 6.45) is 2.96. The van der Waals surface area contributed by atoms with Crippen LogP contribution in [-0.4, -0.2) is 45.0 Å². The van der Waals surface area contributed by atoms with Gasteiger partial charge in [-0.2, -0.15) is 0 Å². The molecule has 5 rings (SSSR count). The zero-order chi connectivity index (χ0) is 24.7. The Balaban J connectivity index is 1.69. The first kappa shape index (κ1) is 23.4. The van der Waals surface area contributed by atoms with Gasteiger partial charge in [0, 0.05) is 17.6 Å². The number of carboxylic acids is 1. The number of aromatic nitrogens is 2. The minimum Gasteiger partial charge on any atom is -0.481 e. The number of carbonyl (C=O) groups excluding carboxylic acids is 1. The molecule has 2 heterocycles. The first-order valence-corrected chi connectivity index (χ1v) is 12.3. The number of methoxy groups -OCH3 is 1. The summed E-state index contributed by atoms with van der Waals surface area (Å²) in [5, 5.41) is 21.1. The van der Waals surface area contributed by atoms with Crippen molar-refractivity contribution in [2.75, 3.05) is 12.0 Å². The highest BCUT2D eigenvalue weighted by atomic mass is 16.5. The zero-order valence-corrected chi connectivity index (χ0v) is 20.1. The van der Waals surface area contributed by atoms with Crippen molar-refractivity contribution in [3.63, 3.8) is 0 Å². The Labute approximate surface area is 204 Å². The average Bonchev–Trinajstić information content (AvgIpc) is 3.28. The van der Waals surface area contributed by atoms with Crippen LogP contribution in [0.25, 0.3) is 11.0 Å². The molecule has 3 aromatic rings. The molecule has 1 amide bonds. The maximum atomic E-state index is 12.6. The van der Waals surface area contributed by atoms with E-state index in [1.807, 2.05) is 49.4 Å². The molecule has 2 N–H and O–H groups in total. The molecule has 8 heteroatoms. The summed E-state index contributed by atoms with van der Waals surface area (Å²) in [6.45, 7) is 2.00. The number of amides is 1. The number of nitrogens with zero attached hydrogens (tertiary/aromatic N) is 3. The third-order valence-corrected chi connectivity index (χ3v) is 7.57. The summed E-state index contributed by atoms with van der Waals surface area (Å²) in [7, 11) is 1.38. The smallest absolute Gasteiger partial charge is 0.414 e. The number of ether oxygens (including phenoxy) is 1. The van der Waals surface area contributed by atoms with Gasteiger partial charge in [0.1, 0.15) is 11.9 Å². The molecular weight excluding hydrogens is 446 g/mol. The standard InChI is InChI=1S/C27H31N3O5/c1-16-11-12-20-21(29(16)27(34)35-2)13-14-22-23(20)28-25(24(31)17-7-4-3-5-8-17)30(22)19-10-6-9-18(15-19)26(32)33/h3-5,7-8,13-14,16,18-19,24,31H,6,9-12,15H2,1-2H3,(H,32,33)/t16-,18-,19?,24-/m1/s1. The molecule has 184 valence electrons. The second-order valence-corrected chi connectivity index (χ2v) is 9.67. The summed E-state index contributed by atoms with van der Waals surface area (Å²) in [6, 6.07) is 13.2. The highest BCUT2D eigenvalue weighted by molar-refractivity contribution is 5.95. The van der Waals surface area contributed by atoms with Crippen LogP contribution in [0, 0.1) is 5.92 Å². The zero-order valence-electron chi connectivity index (χ0n) is 20.1. The van der Waals surface area contributed by atoms with Crippen molar-refractivity contribution in [1.82, 2.24) is 9.55 Å². The number of benzene rings is 2. The van der Waals surface area contributed by atoms with Gasteiger partial charge >= 0.3 is 12.1 Å². The molecule has 2 aromatic carbocycles. The van der Waals surface area contributed by atoms with Gasteiger partial charge in [-0.15, -0.1) is 0 Å². The number of imidazole rings is 1. The number of rotatable bonds is 4. The fourth-order valence-corrected chi connectivity index (χ4v) is 5.78. The van der Waals surface area contributed by atoms with Gasteiger partial charge in [0.15, 0.2) is 0 Å². The lowest BCUT2D eigenvalue weighted by molar-refractivity contribution is -0.143. The fourth-order valence-electron chi connectivity index (χ4n) is 5.78. The van der Waals surface area contributed by atoms with E-state index >= 15 is 0 Å². The third-order valence-electron chi connectivity index (χ3n) is 7.57. The van der Waals surface area contributed by atoms with Crippen LogP contribution in [-0.2, 0) is 16.0 Å². The average molecular weight is 478 g/mol. The lowest BCUT2D eigenvalue weighted by atomic mass is 9.85. The van der Waals surface area contributed by atoms with Crippen molar-refractivity contribution >= 4 is 28.8 Å². The molecule has 0 bridgehead atoms. The lowest BCUT2D eigenvalue weighted by Gasteiger charge is -2.34. The van der Waals surface area contributed by atoms with E-state index in [9.17, 15) is 19.8 Å². The quantitative estimate of drug-likeness (QED) is 0.557. The Kier molecular flexibility index (Phi) is 6.23. The molecule has 2 aliphatic rings. The van der Waals surface area contributed by atoms with Gasteiger partial charge in [-0.05, 0) is 56.7 Å². The van der Waals surface area contributed by atoms with Crippen molar-refractivity contribution in [2.24, 2.45) is 5.92 Å². The van der Waals surface area contributed by atoms with E-state index in [4.69, 9.17) is 9.72 Å². The molecule has 1 unspecified atom stereocenters. The van der Waals surface area contributed by atoms with Crippen LogP contribution in [0.3, 0.4) is 0 Å². The fraction of sp³-hybridized carbons (Fsp3) is 0.444. The van der Waals surface area contributed by atoms with Gasteiger partial charge < -0.3 is 19.5 Å². The van der Waals surface area contributed by atoms with Gasteiger partial charge in [0.2, 0.25) is 0 Å². The lowest BCUT2D eigenvalue weighted by Crippen LogP contribution is -2.42. The van der Waals surface area contributed by atoms with E-state index in [0.29, 0.717) is 18.7 Å². The highest BCUT2D eigenvalue weighted by Gasteiger charge is 2.35. The van der Waals surface area contributed by atoms with Crippen LogP contribution in [0.2, 0.25) is 0 Å². The number of aliphatic hydroxyl groups is 1. The Morgan fingerprint density at radius 2 is 1.89 bits per heavy atom. The minimum atomic E-state index is -0.955. The summed E-state index contributed by atoms with van der Waals surface area (Å²) >= 11 is 0. The van der Waals surface area contributed by atoms with E-state index in [1.165, 1.54) is 7.11 Å². The number of carbonyl (C=O) groups is 2. The van der Waals surface area contributed by atoms with Crippen LogP contribution >= 0.6 is 0 Å². The van der Waals surface area contributed by atoms with Crippen LogP contribution < -0.4 is 4.90 Å². The van der Waals surface area contributed by atoms with Crippen LogP contribution in [0.4, 0.5) is 10.5 Å². The van der Waals surface area contributed by atoms with E-state index in [1.54, 1.807) is 4.90 Å². The molecule has 1 aliphatic heterocycles. The minimum absolute atomic E-state index is 0.00136. The molecular formula is C27H31N3O5. The molecule has 4 atom stereocenters. The highest BCUT2D eigenvalue weighted by Crippen LogP contribution is 2.42. The summed E-state index contributed by atoms with van der Waals surface area (Å²) in [5.74, 6) is -0.676.